The van der Waals surface area contributed by atoms with Gasteiger partial charge in [0.25, 0.3) is 5.91 Å². The predicted octanol–water partition coefficient (Wildman–Crippen LogP) is 7.34. The van der Waals surface area contributed by atoms with E-state index in [0.717, 1.165) is 57.8 Å². The molecule has 0 radical (unpaired) electrons. The average molecular weight is 914 g/mol. The van der Waals surface area contributed by atoms with Crippen molar-refractivity contribution in [3.05, 3.63) is 82.3 Å². The van der Waals surface area contributed by atoms with Gasteiger partial charge in [-0.3, -0.25) is 19.2 Å². The molecule has 6 aliphatic rings. The van der Waals surface area contributed by atoms with E-state index < -0.39 is 59.5 Å². The van der Waals surface area contributed by atoms with Crippen LogP contribution in [-0.4, -0.2) is 90.3 Å². The third-order valence-electron chi connectivity index (χ3n) is 16.5. The van der Waals surface area contributed by atoms with Gasteiger partial charge in [-0.15, -0.1) is 0 Å². The summed E-state index contributed by atoms with van der Waals surface area (Å²) in [6, 6.07) is 0. The Hall–Kier alpha value is -4.43. The van der Waals surface area contributed by atoms with E-state index >= 15 is 0 Å². The second kappa shape index (κ2) is 21.3. The topological polar surface area (TPSA) is 204 Å². The van der Waals surface area contributed by atoms with Crippen molar-refractivity contribution in [2.75, 3.05) is 20.8 Å². The third-order valence-corrected chi connectivity index (χ3v) is 16.5. The number of fused-ring (bicyclic) bond motifs is 7. The Balaban J connectivity index is 1.13. The van der Waals surface area contributed by atoms with Gasteiger partial charge in [0, 0.05) is 55.7 Å². The van der Waals surface area contributed by atoms with Crippen LogP contribution < -0.4 is 16.4 Å². The highest BCUT2D eigenvalue weighted by atomic mass is 16.6. The first kappa shape index (κ1) is 51.0. The van der Waals surface area contributed by atoms with Crippen LogP contribution in [0.3, 0.4) is 0 Å². The summed E-state index contributed by atoms with van der Waals surface area (Å²) in [5.41, 5.74) is 6.97. The quantitative estimate of drug-likeness (QED) is 0.0834. The van der Waals surface area contributed by atoms with E-state index in [1.165, 1.54) is 31.9 Å². The number of carbonyl (C=O) groups is 5. The van der Waals surface area contributed by atoms with Gasteiger partial charge >= 0.3 is 6.09 Å². The maximum atomic E-state index is 14.2. The highest BCUT2D eigenvalue weighted by Crippen LogP contribution is 2.67. The van der Waals surface area contributed by atoms with Crippen LogP contribution in [0.25, 0.3) is 0 Å². The number of hydrogen-bond acceptors (Lipinski definition) is 11. The summed E-state index contributed by atoms with van der Waals surface area (Å²) in [6.45, 7) is 12.2. The van der Waals surface area contributed by atoms with Crippen LogP contribution in [0.2, 0.25) is 0 Å². The van der Waals surface area contributed by atoms with Crippen molar-refractivity contribution in [2.45, 2.75) is 155 Å². The van der Waals surface area contributed by atoms with Crippen molar-refractivity contribution >= 4 is 29.4 Å². The number of ether oxygens (including phenoxy) is 3. The lowest BCUT2D eigenvalue weighted by Gasteiger charge is -2.59. The molecule has 0 saturated heterocycles. The van der Waals surface area contributed by atoms with Crippen LogP contribution >= 0.6 is 0 Å². The summed E-state index contributed by atoms with van der Waals surface area (Å²) in [7, 11) is 2.95. The number of nitrogens with one attached hydrogen (secondary N) is 2. The SMILES string of the molecule is COC1/C=C\C=C(/C)C(=O)NC2=CC(=O)C(NCCCC/C=C/[C@]3(O)CC[C@H]4[C@@H]5CCC6=CC(=O)CC[C@]6(C)[C@H]5CC[C@@]43C)=C(C[C@@H](C)C[C@H](OC)[C@H](O)[C@@H](C)/C=C(\C)[C@@H]1OC(N)=O)C2=O. The van der Waals surface area contributed by atoms with Crippen LogP contribution in [0.15, 0.2) is 82.3 Å². The molecule has 0 aromatic carbocycles. The Bertz CT molecular complexity index is 2110. The van der Waals surface area contributed by atoms with Crippen LogP contribution in [0, 0.1) is 40.4 Å². The number of allylic oxidation sites excluding steroid dienone is 6. The number of aliphatic hydroxyl groups excluding tert-OH is 1. The molecular formula is C53H75N3O10. The largest absolute Gasteiger partial charge is 0.439 e. The summed E-state index contributed by atoms with van der Waals surface area (Å²) < 4.78 is 16.9. The molecule has 0 aromatic heterocycles. The zero-order chi connectivity index (χ0) is 48.1. The van der Waals surface area contributed by atoms with Gasteiger partial charge in [-0.2, -0.15) is 0 Å². The fourth-order valence-electron chi connectivity index (χ4n) is 12.5. The minimum atomic E-state index is -1.00. The summed E-state index contributed by atoms with van der Waals surface area (Å²) in [5, 5.41) is 29.7. The molecule has 6 rings (SSSR count). The Morgan fingerprint density at radius 2 is 1.73 bits per heavy atom. The number of carbonyl (C=O) groups excluding carboxylic acids is 5. The molecule has 0 aromatic rings. The van der Waals surface area contributed by atoms with Crippen molar-refractivity contribution < 1.29 is 48.4 Å². The van der Waals surface area contributed by atoms with Crippen molar-refractivity contribution in [1.29, 1.82) is 0 Å². The standard InChI is InChI=1S/C53H75N3O10/c1-31-26-38-45(55-25-12-10-9-11-21-53(63)24-20-40-37-17-16-35-29-36(57)18-22-51(35,5)39(37)19-23-52(40,53)6)42(58)30-41(47(38)60)56-49(61)32(2)14-13-15-43(64-7)48(66-50(54)62)34(4)28-33(3)46(59)44(27-31)65-8/h11,13-15,21,28-31,33,37,39-40,43-44,46,48,55,59,63H,9-10,12,16-20,22-27H2,1-8H3,(H2,54,62)(H,56,61)/b15-13-,21-11+,32-14+,34-28+/t31-,33+,37-,39+,40+,43?,44+,46-,48+,51+,52+,53+/m1/s1. The number of unbranched alkanes of at least 4 members (excludes halogenated alkanes) is 2. The molecule has 5 aliphatic carbocycles. The number of primary amides is 1. The van der Waals surface area contributed by atoms with E-state index in [2.05, 4.69) is 36.6 Å². The minimum Gasteiger partial charge on any atom is -0.439 e. The second-order valence-electron chi connectivity index (χ2n) is 20.6. The number of methoxy groups -OCH3 is 2. The molecule has 362 valence electrons. The molecular weight excluding hydrogens is 839 g/mol. The van der Waals surface area contributed by atoms with E-state index in [9.17, 15) is 34.2 Å². The van der Waals surface area contributed by atoms with E-state index in [0.29, 0.717) is 49.1 Å². The number of Topliss-reactive ketones (excluding diaryl/α,β-unsaturated/α-hetero) is 1. The Morgan fingerprint density at radius 1 is 0.985 bits per heavy atom. The van der Waals surface area contributed by atoms with Gasteiger partial charge < -0.3 is 40.8 Å². The fraction of sp³-hybridized carbons (Fsp3) is 0.642. The van der Waals surface area contributed by atoms with Gasteiger partial charge in [-0.05, 0) is 132 Å². The molecule has 66 heavy (non-hydrogen) atoms. The van der Waals surface area contributed by atoms with E-state index in [-0.39, 0.29) is 51.5 Å². The third kappa shape index (κ3) is 10.6. The molecule has 0 spiro atoms. The molecule has 2 bridgehead atoms. The molecule has 13 nitrogen and oxygen atoms in total. The maximum absolute atomic E-state index is 14.2. The highest BCUT2D eigenvalue weighted by molar-refractivity contribution is 6.23. The zero-order valence-electron chi connectivity index (χ0n) is 40.5. The van der Waals surface area contributed by atoms with Crippen molar-refractivity contribution in [2.24, 2.45) is 46.2 Å². The molecule has 13 heteroatoms. The monoisotopic (exact) mass is 914 g/mol. The first-order valence-corrected chi connectivity index (χ1v) is 24.2. The van der Waals surface area contributed by atoms with Crippen molar-refractivity contribution in [1.82, 2.24) is 10.6 Å². The molecule has 1 unspecified atom stereocenters. The molecule has 1 aliphatic heterocycles. The number of rotatable bonds is 10. The zero-order valence-corrected chi connectivity index (χ0v) is 40.5. The normalized spacial score (nSPS) is 39.0. The lowest BCUT2D eigenvalue weighted by Crippen LogP contribution is -2.54. The van der Waals surface area contributed by atoms with Gasteiger partial charge in [0.05, 0.1) is 29.2 Å². The van der Waals surface area contributed by atoms with Crippen LogP contribution in [-0.2, 0) is 33.4 Å². The number of amides is 2. The summed E-state index contributed by atoms with van der Waals surface area (Å²) >= 11 is 0. The van der Waals surface area contributed by atoms with Gasteiger partial charge in [0.15, 0.2) is 11.9 Å². The molecule has 6 N–H and O–H groups in total. The fourth-order valence-corrected chi connectivity index (χ4v) is 12.5. The van der Waals surface area contributed by atoms with Crippen molar-refractivity contribution in [3.63, 3.8) is 0 Å². The van der Waals surface area contributed by atoms with Crippen molar-refractivity contribution in [3.8, 4) is 0 Å². The van der Waals surface area contributed by atoms with Crippen LogP contribution in [0.4, 0.5) is 4.79 Å². The highest BCUT2D eigenvalue weighted by Gasteiger charge is 2.63. The summed E-state index contributed by atoms with van der Waals surface area (Å²) in [6.07, 6.45) is 19.7. The Morgan fingerprint density at radius 3 is 2.44 bits per heavy atom. The van der Waals surface area contributed by atoms with Gasteiger partial charge in [-0.25, -0.2) is 4.79 Å². The maximum Gasteiger partial charge on any atom is 0.405 e. The molecule has 3 saturated carbocycles. The lowest BCUT2D eigenvalue weighted by molar-refractivity contribution is -0.120. The van der Waals surface area contributed by atoms with Gasteiger partial charge in [0.1, 0.15) is 6.10 Å². The number of hydrogen-bond donors (Lipinski definition) is 5. The smallest absolute Gasteiger partial charge is 0.405 e. The first-order valence-electron chi connectivity index (χ1n) is 24.2. The lowest BCUT2D eigenvalue weighted by atomic mass is 9.46. The summed E-state index contributed by atoms with van der Waals surface area (Å²) in [5.74, 6) is -0.315. The molecule has 1 heterocycles. The Kier molecular flexibility index (Phi) is 16.4. The average Bonchev–Trinajstić information content (AvgIpc) is 3.54. The number of nitrogens with two attached hydrogens (primary N) is 1. The predicted molar refractivity (Wildman–Crippen MR) is 252 cm³/mol. The van der Waals surface area contributed by atoms with Crippen LogP contribution in [0.5, 0.6) is 0 Å². The molecule has 3 fully saturated rings. The molecule has 2 amide bonds. The second-order valence-corrected chi connectivity index (χ2v) is 20.6. The van der Waals surface area contributed by atoms with E-state index in [4.69, 9.17) is 19.9 Å². The van der Waals surface area contributed by atoms with Crippen LogP contribution in [0.1, 0.15) is 125 Å². The van der Waals surface area contributed by atoms with E-state index in [1.807, 2.05) is 19.9 Å². The van der Waals surface area contributed by atoms with Gasteiger partial charge in [-0.1, -0.05) is 69.7 Å². The van der Waals surface area contributed by atoms with E-state index in [1.54, 1.807) is 32.1 Å². The molecule has 12 atom stereocenters. The first-order chi connectivity index (χ1) is 31.3. The minimum absolute atomic E-state index is 0.0979. The van der Waals surface area contributed by atoms with Gasteiger partial charge in [0.2, 0.25) is 11.6 Å². The number of aliphatic hydroxyl groups is 2. The number of ketones is 3. The Labute approximate surface area is 391 Å². The summed E-state index contributed by atoms with van der Waals surface area (Å²) in [4.78, 5) is 65.6.